The maximum atomic E-state index is 0. The molecule has 0 saturated carbocycles. The van der Waals surface area contributed by atoms with Gasteiger partial charge in [0.05, 0.1) is 0 Å². The van der Waals surface area contributed by atoms with Crippen molar-refractivity contribution in [1.29, 1.82) is 0 Å². The van der Waals surface area contributed by atoms with Crippen LogP contribution in [0, 0.1) is 87.6 Å². The van der Waals surface area contributed by atoms with Gasteiger partial charge in [-0.05, 0) is 0 Å². The summed E-state index contributed by atoms with van der Waals surface area (Å²) in [6.45, 7) is 0. The summed E-state index contributed by atoms with van der Waals surface area (Å²) in [5.74, 6) is 0. The molecule has 0 bridgehead atoms. The van der Waals surface area contributed by atoms with Crippen LogP contribution in [0.25, 0.3) is 0 Å². The average Bonchev–Trinajstić information content (AvgIpc) is 0. The van der Waals surface area contributed by atoms with Crippen LogP contribution in [0.15, 0.2) is 0 Å². The van der Waals surface area contributed by atoms with Crippen molar-refractivity contribution in [3.63, 3.8) is 0 Å². The van der Waals surface area contributed by atoms with Crippen LogP contribution in [-0.2, 0) is 11.0 Å². The van der Waals surface area contributed by atoms with Gasteiger partial charge in [-0.1, -0.05) is 0 Å². The molecular weight excluding hydrogens is 346 g/mol. The molecule has 0 heterocycles. The molecule has 0 fully saturated rings. The van der Waals surface area contributed by atoms with E-state index >= 15 is 0 Å². The summed E-state index contributed by atoms with van der Waals surface area (Å²) >= 11 is 0. The summed E-state index contributed by atoms with van der Waals surface area (Å²) in [5.41, 5.74) is 0. The van der Waals surface area contributed by atoms with E-state index in [1.807, 2.05) is 0 Å². The van der Waals surface area contributed by atoms with Crippen molar-refractivity contribution in [1.82, 2.24) is 0 Å². The van der Waals surface area contributed by atoms with Crippen LogP contribution in [-0.4, -0.2) is 0 Å². The van der Waals surface area contributed by atoms with Crippen LogP contribution >= 0.6 is 0 Å². The summed E-state index contributed by atoms with van der Waals surface area (Å²) in [4.78, 5) is 0. The van der Waals surface area contributed by atoms with Gasteiger partial charge in [0.2, 0.25) is 0 Å². The summed E-state index contributed by atoms with van der Waals surface area (Å²) in [6, 6.07) is 0. The van der Waals surface area contributed by atoms with Gasteiger partial charge < -0.3 is 11.0 Å². The SMILES string of the molecule is [Dy+3].[Eu+3].[O-2].[O-2]. The fourth-order valence-electron chi connectivity index (χ4n) is 0. The molecule has 0 unspecified atom stereocenters. The van der Waals surface area contributed by atoms with Gasteiger partial charge in [-0.15, -0.1) is 0 Å². The van der Waals surface area contributed by atoms with Crippen molar-refractivity contribution in [2.24, 2.45) is 0 Å². The predicted octanol–water partition coefficient (Wildman–Crippen LogP) is -0.238. The van der Waals surface area contributed by atoms with Gasteiger partial charge in [0.25, 0.3) is 0 Å². The zero-order valence-corrected chi connectivity index (χ0v) is 5.96. The predicted molar refractivity (Wildman–Crippen MR) is 1.37 cm³/mol. The van der Waals surface area contributed by atoms with Gasteiger partial charge >= 0.3 is 87.6 Å². The van der Waals surface area contributed by atoms with E-state index in [1.54, 1.807) is 0 Å². The Bertz CT molecular complexity index is 6.00. The standard InChI is InChI=1S/Dy.Eu.2O/q2*+3;2*-2. The average molecular weight is 346 g/mol. The van der Waals surface area contributed by atoms with E-state index in [0.717, 1.165) is 0 Å². The first-order chi connectivity index (χ1) is 0. The first kappa shape index (κ1) is 29.3. The van der Waals surface area contributed by atoms with Gasteiger partial charge in [-0.25, -0.2) is 0 Å². The molecule has 0 amide bonds. The Morgan fingerprint density at radius 3 is 0.750 bits per heavy atom. The molecule has 2 nitrogen and oxygen atoms in total. The van der Waals surface area contributed by atoms with Gasteiger partial charge in [-0.2, -0.15) is 0 Å². The van der Waals surface area contributed by atoms with Crippen molar-refractivity contribution in [2.75, 3.05) is 0 Å². The Balaban J connectivity index is 0. The minimum Gasteiger partial charge on any atom is -2.00 e. The second-order valence-corrected chi connectivity index (χ2v) is 0. The van der Waals surface area contributed by atoms with Gasteiger partial charge in [0.15, 0.2) is 0 Å². The Kier molecular flexibility index (Phi) is 125. The van der Waals surface area contributed by atoms with E-state index in [-0.39, 0.29) is 98.5 Å². The maximum absolute atomic E-state index is 0. The molecule has 0 N–H and O–H groups in total. The van der Waals surface area contributed by atoms with Crippen molar-refractivity contribution in [3.8, 4) is 0 Å². The number of rotatable bonds is 0. The molecule has 0 aromatic heterocycles. The summed E-state index contributed by atoms with van der Waals surface area (Å²) < 4.78 is 0. The van der Waals surface area contributed by atoms with Crippen molar-refractivity contribution in [3.05, 3.63) is 0 Å². The minimum absolute atomic E-state index is 0. The fraction of sp³-hybridized carbons (Fsp3) is 0. The molecule has 4 heteroatoms. The normalized spacial score (nSPS) is 0. The topological polar surface area (TPSA) is 57.0 Å². The molecule has 0 aliphatic rings. The van der Waals surface area contributed by atoms with Crippen molar-refractivity contribution >= 4 is 0 Å². The van der Waals surface area contributed by atoms with Crippen LogP contribution in [0.5, 0.6) is 0 Å². The van der Waals surface area contributed by atoms with Crippen LogP contribution in [0.1, 0.15) is 0 Å². The largest absolute Gasteiger partial charge is 3.00 e. The molecule has 0 saturated heterocycles. The van der Waals surface area contributed by atoms with Crippen molar-refractivity contribution < 1.29 is 98.5 Å². The Hall–Kier alpha value is 2.78. The molecular formula is DyEuO2+2. The molecule has 0 aromatic rings. The van der Waals surface area contributed by atoms with E-state index in [2.05, 4.69) is 0 Å². The maximum Gasteiger partial charge on any atom is 3.00 e. The molecule has 0 aromatic carbocycles. The zero-order valence-electron chi connectivity index (χ0n) is 1.51. The van der Waals surface area contributed by atoms with Crippen LogP contribution in [0.4, 0.5) is 0 Å². The molecule has 27 valence electrons. The molecule has 4 heavy (non-hydrogen) atoms. The molecule has 0 aliphatic heterocycles. The molecule has 0 spiro atoms. The first-order valence-electron chi connectivity index (χ1n) is 0. The molecule has 0 rings (SSSR count). The third kappa shape index (κ3) is 8.84. The second kappa shape index (κ2) is 17.1. The Labute approximate surface area is 95.9 Å². The summed E-state index contributed by atoms with van der Waals surface area (Å²) in [6.07, 6.45) is 0. The Morgan fingerprint density at radius 2 is 0.750 bits per heavy atom. The third-order valence-electron chi connectivity index (χ3n) is 0. The third-order valence-corrected chi connectivity index (χ3v) is 0. The van der Waals surface area contributed by atoms with E-state index in [9.17, 15) is 0 Å². The fourth-order valence-corrected chi connectivity index (χ4v) is 0. The second-order valence-electron chi connectivity index (χ2n) is 0. The zero-order chi connectivity index (χ0) is 0. The monoisotopic (exact) mass is 349 g/mol. The quantitative estimate of drug-likeness (QED) is 0.582. The molecule has 0 aliphatic carbocycles. The molecule has 0 atom stereocenters. The van der Waals surface area contributed by atoms with E-state index < -0.39 is 0 Å². The van der Waals surface area contributed by atoms with Crippen molar-refractivity contribution in [2.45, 2.75) is 0 Å². The van der Waals surface area contributed by atoms with Crippen LogP contribution < -0.4 is 0 Å². The number of hydrogen-bond donors (Lipinski definition) is 0. The van der Waals surface area contributed by atoms with E-state index in [0.29, 0.717) is 0 Å². The van der Waals surface area contributed by atoms with E-state index in [1.165, 1.54) is 0 Å². The van der Waals surface area contributed by atoms with Gasteiger partial charge in [0.1, 0.15) is 0 Å². The first-order valence-corrected chi connectivity index (χ1v) is 0. The summed E-state index contributed by atoms with van der Waals surface area (Å²) in [5, 5.41) is 0. The minimum atomic E-state index is 0. The Morgan fingerprint density at radius 1 is 0.750 bits per heavy atom. The smallest absolute Gasteiger partial charge is 2.00 e. The summed E-state index contributed by atoms with van der Waals surface area (Å²) in [7, 11) is 0. The number of hydrogen-bond acceptors (Lipinski definition) is 0. The molecule has 1 radical (unpaired) electrons. The van der Waals surface area contributed by atoms with Gasteiger partial charge in [-0.3, -0.25) is 0 Å². The van der Waals surface area contributed by atoms with Crippen LogP contribution in [0.3, 0.4) is 0 Å². The van der Waals surface area contributed by atoms with Gasteiger partial charge in [0, 0.05) is 0 Å². The van der Waals surface area contributed by atoms with Crippen LogP contribution in [0.2, 0.25) is 0 Å². The van der Waals surface area contributed by atoms with E-state index in [4.69, 9.17) is 0 Å².